The van der Waals surface area contributed by atoms with Gasteiger partial charge in [-0.2, -0.15) is 9.78 Å². The van der Waals surface area contributed by atoms with E-state index in [0.717, 1.165) is 5.39 Å². The monoisotopic (exact) mass is 252 g/mol. The first-order valence-corrected chi connectivity index (χ1v) is 5.61. The maximum Gasteiger partial charge on any atom is 0.435 e. The van der Waals surface area contributed by atoms with Gasteiger partial charge in [0.15, 0.2) is 0 Å². The number of fused-ring (bicyclic) bond motifs is 1. The second kappa shape index (κ2) is 4.04. The van der Waals surface area contributed by atoms with E-state index >= 15 is 0 Å². The third-order valence-corrected chi connectivity index (χ3v) is 2.33. The van der Waals surface area contributed by atoms with Gasteiger partial charge in [0, 0.05) is 10.4 Å². The highest BCUT2D eigenvalue weighted by atomic mass is 35.5. The topological polar surface area (TPSA) is 44.1 Å². The Morgan fingerprint density at radius 1 is 1.41 bits per heavy atom. The summed E-state index contributed by atoms with van der Waals surface area (Å²) in [6, 6.07) is 5.21. The number of benzene rings is 1. The first-order valence-electron chi connectivity index (χ1n) is 5.23. The zero-order valence-corrected chi connectivity index (χ0v) is 10.7. The van der Waals surface area contributed by atoms with Crippen LogP contribution in [0.4, 0.5) is 4.79 Å². The van der Waals surface area contributed by atoms with Crippen LogP contribution in [0.1, 0.15) is 20.8 Å². The quantitative estimate of drug-likeness (QED) is 0.721. The molecule has 0 aliphatic carbocycles. The maximum absolute atomic E-state index is 11.9. The Balaban J connectivity index is 2.40. The van der Waals surface area contributed by atoms with E-state index in [4.69, 9.17) is 16.3 Å². The number of ether oxygens (including phenoxy) is 1. The standard InChI is InChI=1S/C12H13ClN2O2/c1-12(2,3)17-11(16)15-10-5-4-9(13)6-8(10)7-14-15/h4-7H,1-3H3. The molecule has 0 N–H and O–H groups in total. The van der Waals surface area contributed by atoms with Crippen molar-refractivity contribution in [3.63, 3.8) is 0 Å². The van der Waals surface area contributed by atoms with Crippen molar-refractivity contribution in [1.29, 1.82) is 0 Å². The molecule has 0 aliphatic heterocycles. The highest BCUT2D eigenvalue weighted by Crippen LogP contribution is 2.20. The molecule has 0 saturated carbocycles. The van der Waals surface area contributed by atoms with E-state index in [1.54, 1.807) is 24.4 Å². The molecule has 0 aliphatic rings. The fraction of sp³-hybridized carbons (Fsp3) is 0.333. The SMILES string of the molecule is CC(C)(C)OC(=O)n1ncc2cc(Cl)ccc21. The Bertz CT molecular complexity index is 569. The van der Waals surface area contributed by atoms with Crippen molar-refractivity contribution >= 4 is 28.6 Å². The van der Waals surface area contributed by atoms with Gasteiger partial charge in [-0.25, -0.2) is 4.79 Å². The second-order valence-electron chi connectivity index (χ2n) is 4.74. The second-order valence-corrected chi connectivity index (χ2v) is 5.18. The lowest BCUT2D eigenvalue weighted by Gasteiger charge is -2.19. The normalized spacial score (nSPS) is 11.8. The van der Waals surface area contributed by atoms with Crippen LogP contribution in [0, 0.1) is 0 Å². The zero-order valence-electron chi connectivity index (χ0n) is 9.90. The number of rotatable bonds is 0. The van der Waals surface area contributed by atoms with Crippen molar-refractivity contribution in [1.82, 2.24) is 9.78 Å². The van der Waals surface area contributed by atoms with Gasteiger partial charge < -0.3 is 4.74 Å². The minimum absolute atomic E-state index is 0.491. The van der Waals surface area contributed by atoms with Gasteiger partial charge in [0.1, 0.15) is 5.60 Å². The van der Waals surface area contributed by atoms with Gasteiger partial charge >= 0.3 is 6.09 Å². The number of halogens is 1. The lowest BCUT2D eigenvalue weighted by Crippen LogP contribution is -2.27. The van der Waals surface area contributed by atoms with E-state index in [1.807, 2.05) is 20.8 Å². The molecule has 2 aromatic rings. The van der Waals surface area contributed by atoms with E-state index in [1.165, 1.54) is 4.68 Å². The van der Waals surface area contributed by atoms with Crippen LogP contribution < -0.4 is 0 Å². The molecule has 90 valence electrons. The third kappa shape index (κ3) is 2.58. The Morgan fingerprint density at radius 3 is 2.76 bits per heavy atom. The number of hydrogen-bond donors (Lipinski definition) is 0. The first kappa shape index (κ1) is 11.9. The molecule has 1 heterocycles. The van der Waals surface area contributed by atoms with Crippen molar-refractivity contribution in [3.8, 4) is 0 Å². The number of carbonyl (C=O) groups is 1. The fourth-order valence-corrected chi connectivity index (χ4v) is 1.63. The van der Waals surface area contributed by atoms with Gasteiger partial charge in [0.25, 0.3) is 0 Å². The van der Waals surface area contributed by atoms with Gasteiger partial charge in [0.05, 0.1) is 11.7 Å². The molecule has 5 heteroatoms. The van der Waals surface area contributed by atoms with Gasteiger partial charge in [-0.1, -0.05) is 11.6 Å². The summed E-state index contributed by atoms with van der Waals surface area (Å²) in [6.45, 7) is 5.44. The molecule has 0 bridgehead atoms. The van der Waals surface area contributed by atoms with Crippen LogP contribution >= 0.6 is 11.6 Å². The van der Waals surface area contributed by atoms with Crippen molar-refractivity contribution < 1.29 is 9.53 Å². The Kier molecular flexibility index (Phi) is 2.83. The summed E-state index contributed by atoms with van der Waals surface area (Å²) in [5.74, 6) is 0. The minimum Gasteiger partial charge on any atom is -0.442 e. The van der Waals surface area contributed by atoms with E-state index in [0.29, 0.717) is 10.5 Å². The average Bonchev–Trinajstić information content (AvgIpc) is 2.57. The largest absolute Gasteiger partial charge is 0.442 e. The number of hydrogen-bond acceptors (Lipinski definition) is 3. The van der Waals surface area contributed by atoms with Crippen LogP contribution in [0.3, 0.4) is 0 Å². The molecule has 0 unspecified atom stereocenters. The highest BCUT2D eigenvalue weighted by molar-refractivity contribution is 6.31. The maximum atomic E-state index is 11.9. The molecule has 0 atom stereocenters. The summed E-state index contributed by atoms with van der Waals surface area (Å²) < 4.78 is 6.48. The Morgan fingerprint density at radius 2 is 2.12 bits per heavy atom. The third-order valence-electron chi connectivity index (χ3n) is 2.10. The van der Waals surface area contributed by atoms with Gasteiger partial charge in [-0.15, -0.1) is 0 Å². The molecule has 0 spiro atoms. The van der Waals surface area contributed by atoms with E-state index in [2.05, 4.69) is 5.10 Å². The van der Waals surface area contributed by atoms with Gasteiger partial charge in [0.2, 0.25) is 0 Å². The summed E-state index contributed by atoms with van der Waals surface area (Å²) in [5.41, 5.74) is 0.144. The van der Waals surface area contributed by atoms with Crippen LogP contribution in [-0.4, -0.2) is 21.5 Å². The Hall–Kier alpha value is -1.55. The first-order chi connectivity index (χ1) is 7.87. The molecule has 0 fully saturated rings. The smallest absolute Gasteiger partial charge is 0.435 e. The van der Waals surface area contributed by atoms with Crippen LogP contribution in [-0.2, 0) is 4.74 Å². The lowest BCUT2D eigenvalue weighted by molar-refractivity contribution is 0.0523. The van der Waals surface area contributed by atoms with E-state index in [-0.39, 0.29) is 0 Å². The molecule has 0 saturated heterocycles. The van der Waals surface area contributed by atoms with Crippen molar-refractivity contribution in [2.45, 2.75) is 26.4 Å². The van der Waals surface area contributed by atoms with Crippen LogP contribution in [0.5, 0.6) is 0 Å². The van der Waals surface area contributed by atoms with Crippen LogP contribution in [0.2, 0.25) is 5.02 Å². The average molecular weight is 253 g/mol. The number of aromatic nitrogens is 2. The Labute approximate surface area is 104 Å². The lowest BCUT2D eigenvalue weighted by atomic mass is 10.2. The number of carbonyl (C=O) groups excluding carboxylic acids is 1. The molecule has 1 aromatic heterocycles. The summed E-state index contributed by atoms with van der Waals surface area (Å²) >= 11 is 5.86. The summed E-state index contributed by atoms with van der Waals surface area (Å²) in [5, 5.41) is 5.42. The van der Waals surface area contributed by atoms with Gasteiger partial charge in [-0.05, 0) is 39.0 Å². The van der Waals surface area contributed by atoms with Crippen LogP contribution in [0.25, 0.3) is 10.9 Å². The predicted molar refractivity (Wildman–Crippen MR) is 66.4 cm³/mol. The zero-order chi connectivity index (χ0) is 12.6. The predicted octanol–water partition coefficient (Wildman–Crippen LogP) is 3.47. The molecular weight excluding hydrogens is 240 g/mol. The van der Waals surface area contributed by atoms with Crippen molar-refractivity contribution in [2.24, 2.45) is 0 Å². The number of nitrogens with zero attached hydrogens (tertiary/aromatic N) is 2. The summed E-state index contributed by atoms with van der Waals surface area (Å²) in [6.07, 6.45) is 1.10. The molecule has 4 nitrogen and oxygen atoms in total. The van der Waals surface area contributed by atoms with Crippen molar-refractivity contribution in [2.75, 3.05) is 0 Å². The van der Waals surface area contributed by atoms with E-state index in [9.17, 15) is 4.79 Å². The fourth-order valence-electron chi connectivity index (χ4n) is 1.45. The molecule has 17 heavy (non-hydrogen) atoms. The molecule has 0 radical (unpaired) electrons. The van der Waals surface area contributed by atoms with Gasteiger partial charge in [-0.3, -0.25) is 0 Å². The molecule has 0 amide bonds. The highest BCUT2D eigenvalue weighted by Gasteiger charge is 2.19. The van der Waals surface area contributed by atoms with E-state index < -0.39 is 11.7 Å². The molecular formula is C12H13ClN2O2. The summed E-state index contributed by atoms with van der Waals surface area (Å²) in [7, 11) is 0. The van der Waals surface area contributed by atoms with Crippen LogP contribution in [0.15, 0.2) is 24.4 Å². The molecule has 1 aromatic carbocycles. The summed E-state index contributed by atoms with van der Waals surface area (Å²) in [4.78, 5) is 11.9. The minimum atomic E-state index is -0.540. The molecule has 2 rings (SSSR count). The van der Waals surface area contributed by atoms with Crippen molar-refractivity contribution in [3.05, 3.63) is 29.4 Å².